The molecule has 6 nitrogen and oxygen atoms in total. The highest BCUT2D eigenvalue weighted by atomic mass is 35.5. The van der Waals surface area contributed by atoms with E-state index in [2.05, 4.69) is 15.4 Å². The molecule has 0 atom stereocenters. The minimum absolute atomic E-state index is 0. The van der Waals surface area contributed by atoms with Crippen LogP contribution in [0.3, 0.4) is 0 Å². The van der Waals surface area contributed by atoms with Crippen LogP contribution < -0.4 is 0 Å². The number of nitrogens with zero attached hydrogens (tertiary/aromatic N) is 3. The molecule has 1 aromatic rings. The van der Waals surface area contributed by atoms with Crippen LogP contribution >= 0.6 is 12.4 Å². The lowest BCUT2D eigenvalue weighted by atomic mass is 10.3. The molecule has 2 N–H and O–H groups in total. The Kier molecular flexibility index (Phi) is 4.05. The highest BCUT2D eigenvalue weighted by molar-refractivity contribution is 5.95. The zero-order valence-electron chi connectivity index (χ0n) is 8.49. The Morgan fingerprint density at radius 1 is 1.40 bits per heavy atom. The number of ether oxygens (including phenoxy) is 1. The smallest absolute Gasteiger partial charge is 0.151 e. The lowest BCUT2D eigenvalue weighted by Gasteiger charge is -2.28. The SMILES string of the molecule is Cc1n[nH]nc1C(=N)N1CCOCC1.Cl. The Morgan fingerprint density at radius 2 is 2.07 bits per heavy atom. The van der Waals surface area contributed by atoms with Crippen molar-refractivity contribution in [1.29, 1.82) is 5.41 Å². The fraction of sp³-hybridized carbons (Fsp3) is 0.625. The van der Waals surface area contributed by atoms with Gasteiger partial charge < -0.3 is 9.64 Å². The van der Waals surface area contributed by atoms with E-state index in [0.29, 0.717) is 24.7 Å². The third kappa shape index (κ3) is 2.45. The molecule has 1 fully saturated rings. The van der Waals surface area contributed by atoms with Gasteiger partial charge in [0.25, 0.3) is 0 Å². The zero-order chi connectivity index (χ0) is 9.97. The van der Waals surface area contributed by atoms with Gasteiger partial charge in [0.15, 0.2) is 5.84 Å². The van der Waals surface area contributed by atoms with Crippen molar-refractivity contribution < 1.29 is 4.74 Å². The largest absolute Gasteiger partial charge is 0.378 e. The summed E-state index contributed by atoms with van der Waals surface area (Å²) >= 11 is 0. The summed E-state index contributed by atoms with van der Waals surface area (Å²) in [5.41, 5.74) is 1.40. The summed E-state index contributed by atoms with van der Waals surface area (Å²) in [5.74, 6) is 0.430. The monoisotopic (exact) mass is 231 g/mol. The number of amidine groups is 1. The number of halogens is 1. The van der Waals surface area contributed by atoms with Crippen LogP contribution in [-0.2, 0) is 4.74 Å². The van der Waals surface area contributed by atoms with Crippen molar-refractivity contribution in [3.63, 3.8) is 0 Å². The van der Waals surface area contributed by atoms with Crippen molar-refractivity contribution in [2.45, 2.75) is 6.92 Å². The van der Waals surface area contributed by atoms with Gasteiger partial charge in [0.2, 0.25) is 0 Å². The Hall–Kier alpha value is -1.14. The quantitative estimate of drug-likeness (QED) is 0.535. The van der Waals surface area contributed by atoms with Crippen LogP contribution in [0.1, 0.15) is 11.4 Å². The first kappa shape index (κ1) is 11.9. The predicted molar refractivity (Wildman–Crippen MR) is 57.6 cm³/mol. The van der Waals surface area contributed by atoms with E-state index >= 15 is 0 Å². The maximum absolute atomic E-state index is 7.93. The van der Waals surface area contributed by atoms with Gasteiger partial charge in [-0.2, -0.15) is 15.4 Å². The van der Waals surface area contributed by atoms with Gasteiger partial charge in [-0.15, -0.1) is 12.4 Å². The molecule has 1 aliphatic rings. The van der Waals surface area contributed by atoms with Crippen molar-refractivity contribution in [3.05, 3.63) is 11.4 Å². The van der Waals surface area contributed by atoms with Crippen LogP contribution in [0.15, 0.2) is 0 Å². The van der Waals surface area contributed by atoms with Crippen molar-refractivity contribution in [3.8, 4) is 0 Å². The second-order valence-electron chi connectivity index (χ2n) is 3.21. The van der Waals surface area contributed by atoms with E-state index in [1.54, 1.807) is 0 Å². The predicted octanol–water partition coefficient (Wildman–Crippen LogP) is 0.192. The molecule has 0 aromatic carbocycles. The van der Waals surface area contributed by atoms with Gasteiger partial charge in [-0.1, -0.05) is 0 Å². The molecule has 7 heteroatoms. The molecule has 0 amide bonds. The second kappa shape index (κ2) is 5.09. The van der Waals surface area contributed by atoms with Crippen LogP contribution in [0.25, 0.3) is 0 Å². The maximum Gasteiger partial charge on any atom is 0.151 e. The molecule has 0 unspecified atom stereocenters. The van der Waals surface area contributed by atoms with Gasteiger partial charge in [0, 0.05) is 13.1 Å². The molecule has 0 aliphatic carbocycles. The molecule has 15 heavy (non-hydrogen) atoms. The molecule has 2 heterocycles. The highest BCUT2D eigenvalue weighted by Crippen LogP contribution is 2.06. The number of aryl methyl sites for hydroxylation is 1. The number of hydrogen-bond acceptors (Lipinski definition) is 4. The second-order valence-corrected chi connectivity index (χ2v) is 3.21. The number of rotatable bonds is 1. The number of aromatic amines is 1. The third-order valence-electron chi connectivity index (χ3n) is 2.27. The highest BCUT2D eigenvalue weighted by Gasteiger charge is 2.18. The van der Waals surface area contributed by atoms with E-state index in [1.165, 1.54) is 0 Å². The third-order valence-corrected chi connectivity index (χ3v) is 2.27. The fourth-order valence-electron chi connectivity index (χ4n) is 1.44. The van der Waals surface area contributed by atoms with Crippen LogP contribution in [-0.4, -0.2) is 52.4 Å². The first-order valence-corrected chi connectivity index (χ1v) is 4.58. The van der Waals surface area contributed by atoms with E-state index in [1.807, 2.05) is 11.8 Å². The van der Waals surface area contributed by atoms with E-state index in [4.69, 9.17) is 10.1 Å². The maximum atomic E-state index is 7.93. The molecule has 0 spiro atoms. The Bertz CT molecular complexity index is 334. The number of H-pyrrole nitrogens is 1. The molecule has 1 aliphatic heterocycles. The van der Waals surface area contributed by atoms with Crippen LogP contribution in [0.2, 0.25) is 0 Å². The van der Waals surface area contributed by atoms with E-state index in [0.717, 1.165) is 18.8 Å². The van der Waals surface area contributed by atoms with Crippen LogP contribution in [0.4, 0.5) is 0 Å². The van der Waals surface area contributed by atoms with Crippen molar-refractivity contribution in [1.82, 2.24) is 20.3 Å². The van der Waals surface area contributed by atoms with E-state index in [-0.39, 0.29) is 12.4 Å². The number of aromatic nitrogens is 3. The summed E-state index contributed by atoms with van der Waals surface area (Å²) in [6.45, 7) is 4.71. The average molecular weight is 232 g/mol. The topological polar surface area (TPSA) is 77.9 Å². The zero-order valence-corrected chi connectivity index (χ0v) is 9.30. The average Bonchev–Trinajstić information content (AvgIpc) is 2.65. The van der Waals surface area contributed by atoms with Crippen molar-refractivity contribution in [2.24, 2.45) is 0 Å². The van der Waals surface area contributed by atoms with Gasteiger partial charge in [0.05, 0.1) is 18.9 Å². The molecular weight excluding hydrogens is 218 g/mol. The first-order chi connectivity index (χ1) is 6.79. The lowest BCUT2D eigenvalue weighted by Crippen LogP contribution is -2.41. The Balaban J connectivity index is 0.00000112. The standard InChI is InChI=1S/C8H13N5O.ClH/c1-6-7(11-12-10-6)8(9)13-2-4-14-5-3-13;/h9H,2-5H2,1H3,(H,10,11,12);1H. The number of morpholine rings is 1. The first-order valence-electron chi connectivity index (χ1n) is 4.58. The molecule has 1 saturated heterocycles. The van der Waals surface area contributed by atoms with Crippen LogP contribution in [0.5, 0.6) is 0 Å². The Morgan fingerprint density at radius 3 is 2.60 bits per heavy atom. The molecule has 0 saturated carbocycles. The molecule has 1 aromatic heterocycles. The minimum Gasteiger partial charge on any atom is -0.378 e. The number of nitrogens with one attached hydrogen (secondary N) is 2. The summed E-state index contributed by atoms with van der Waals surface area (Å²) in [5, 5.41) is 18.3. The normalized spacial score (nSPS) is 15.9. The molecule has 84 valence electrons. The number of hydrogen-bond donors (Lipinski definition) is 2. The minimum atomic E-state index is 0. The van der Waals surface area contributed by atoms with Crippen LogP contribution in [0, 0.1) is 12.3 Å². The fourth-order valence-corrected chi connectivity index (χ4v) is 1.44. The van der Waals surface area contributed by atoms with E-state index < -0.39 is 0 Å². The van der Waals surface area contributed by atoms with E-state index in [9.17, 15) is 0 Å². The molecule has 0 bridgehead atoms. The summed E-state index contributed by atoms with van der Waals surface area (Å²) in [7, 11) is 0. The molecule has 2 rings (SSSR count). The summed E-state index contributed by atoms with van der Waals surface area (Å²) in [6, 6.07) is 0. The molecule has 0 radical (unpaired) electrons. The van der Waals surface area contributed by atoms with Crippen molar-refractivity contribution in [2.75, 3.05) is 26.3 Å². The summed E-state index contributed by atoms with van der Waals surface area (Å²) in [4.78, 5) is 1.95. The molecular formula is C8H14ClN5O. The van der Waals surface area contributed by atoms with Gasteiger partial charge in [-0.3, -0.25) is 5.41 Å². The van der Waals surface area contributed by atoms with Gasteiger partial charge in [0.1, 0.15) is 5.69 Å². The Labute approximate surface area is 93.9 Å². The van der Waals surface area contributed by atoms with Gasteiger partial charge in [-0.05, 0) is 6.92 Å². The summed E-state index contributed by atoms with van der Waals surface area (Å²) < 4.78 is 5.22. The van der Waals surface area contributed by atoms with Gasteiger partial charge in [-0.25, -0.2) is 0 Å². The van der Waals surface area contributed by atoms with Gasteiger partial charge >= 0.3 is 0 Å². The summed E-state index contributed by atoms with van der Waals surface area (Å²) in [6.07, 6.45) is 0. The lowest BCUT2D eigenvalue weighted by molar-refractivity contribution is 0.0679. The van der Waals surface area contributed by atoms with Crippen molar-refractivity contribution >= 4 is 18.2 Å².